The van der Waals surface area contributed by atoms with E-state index in [4.69, 9.17) is 11.0 Å². The quantitative estimate of drug-likeness (QED) is 0.430. The Bertz CT molecular complexity index is 376. The number of carbonyl (C=O) groups is 2. The predicted molar refractivity (Wildman–Crippen MR) is 52.1 cm³/mol. The summed E-state index contributed by atoms with van der Waals surface area (Å²) in [5.41, 5.74) is -1.80. The fourth-order valence-corrected chi connectivity index (χ4v) is 1.07. The van der Waals surface area contributed by atoms with Crippen molar-refractivity contribution in [3.8, 4) is 0 Å². The van der Waals surface area contributed by atoms with Gasteiger partial charge in [0.25, 0.3) is 0 Å². The summed E-state index contributed by atoms with van der Waals surface area (Å²) in [7, 11) is 0. The molecule has 0 aliphatic heterocycles. The number of benzene rings is 1. The Morgan fingerprint density at radius 3 is 2.27 bits per heavy atom. The van der Waals surface area contributed by atoms with Crippen molar-refractivity contribution in [1.82, 2.24) is 0 Å². The molecule has 1 atom stereocenters. The summed E-state index contributed by atoms with van der Waals surface area (Å²) in [4.78, 5) is 26.9. The predicted octanol–water partition coefficient (Wildman–Crippen LogP) is 0.603. The van der Waals surface area contributed by atoms with E-state index in [2.05, 4.69) is 4.84 Å². The normalized spacial score (nSPS) is 14.3. The maximum atomic E-state index is 11.8. The van der Waals surface area contributed by atoms with Crippen molar-refractivity contribution in [2.75, 3.05) is 0 Å². The Balaban J connectivity index is 3.08. The number of Topliss-reactive ketones (excluding diaryl/α,β-unsaturated/α-hetero) is 1. The van der Waals surface area contributed by atoms with Gasteiger partial charge in [0.2, 0.25) is 11.4 Å². The van der Waals surface area contributed by atoms with E-state index in [9.17, 15) is 9.59 Å². The number of nitrogens with two attached hydrogens (primary N) is 1. The summed E-state index contributed by atoms with van der Waals surface area (Å²) < 4.78 is 0. The van der Waals surface area contributed by atoms with Crippen LogP contribution in [0.15, 0.2) is 30.3 Å². The second kappa shape index (κ2) is 4.20. The van der Waals surface area contributed by atoms with Crippen molar-refractivity contribution in [2.45, 2.75) is 12.5 Å². The Kier molecular flexibility index (Phi) is 3.18. The first-order valence-corrected chi connectivity index (χ1v) is 4.23. The summed E-state index contributed by atoms with van der Waals surface area (Å²) in [6, 6.07) is 7.99. The molecule has 0 saturated carbocycles. The Morgan fingerprint density at radius 2 is 1.87 bits per heavy atom. The number of carboxylic acid groups (broad SMARTS) is 1. The van der Waals surface area contributed by atoms with Crippen LogP contribution >= 0.6 is 0 Å². The second-order valence-corrected chi connectivity index (χ2v) is 3.15. The molecule has 1 rings (SSSR count). The molecule has 0 bridgehead atoms. The molecular weight excluding hydrogens is 198 g/mol. The van der Waals surface area contributed by atoms with Gasteiger partial charge in [-0.15, -0.1) is 0 Å². The fraction of sp³-hybridized carbons (Fsp3) is 0.200. The largest absolute Gasteiger partial charge is 0.479 e. The summed E-state index contributed by atoms with van der Waals surface area (Å²) in [6.45, 7) is 1.12. The van der Waals surface area contributed by atoms with E-state index in [0.717, 1.165) is 6.92 Å². The van der Waals surface area contributed by atoms with Gasteiger partial charge in [-0.25, -0.2) is 10.7 Å². The minimum absolute atomic E-state index is 0.243. The number of carbonyl (C=O) groups excluding carboxylic acids is 1. The molecule has 0 radical (unpaired) electrons. The van der Waals surface area contributed by atoms with Gasteiger partial charge < -0.3 is 5.11 Å². The van der Waals surface area contributed by atoms with Crippen LogP contribution in [0.3, 0.4) is 0 Å². The van der Waals surface area contributed by atoms with E-state index in [1.165, 1.54) is 12.1 Å². The highest BCUT2D eigenvalue weighted by Gasteiger charge is 2.42. The minimum atomic E-state index is -2.04. The third-order valence-corrected chi connectivity index (χ3v) is 2.11. The molecule has 1 unspecified atom stereocenters. The van der Waals surface area contributed by atoms with Gasteiger partial charge in [-0.05, 0) is 6.92 Å². The Hall–Kier alpha value is -1.72. The first-order valence-electron chi connectivity index (χ1n) is 4.23. The summed E-state index contributed by atoms with van der Waals surface area (Å²) in [5, 5.41) is 8.84. The molecular formula is C10H11NO4. The molecule has 0 heterocycles. The van der Waals surface area contributed by atoms with Crippen LogP contribution in [0.2, 0.25) is 0 Å². The van der Waals surface area contributed by atoms with Gasteiger partial charge in [-0.1, -0.05) is 30.3 Å². The highest BCUT2D eigenvalue weighted by molar-refractivity contribution is 6.14. The summed E-state index contributed by atoms with van der Waals surface area (Å²) >= 11 is 0. The number of hydrogen-bond acceptors (Lipinski definition) is 4. The van der Waals surface area contributed by atoms with Crippen LogP contribution in [-0.4, -0.2) is 22.5 Å². The van der Waals surface area contributed by atoms with E-state index in [1.54, 1.807) is 18.2 Å². The lowest BCUT2D eigenvalue weighted by Gasteiger charge is -2.20. The topological polar surface area (TPSA) is 89.6 Å². The number of aliphatic carboxylic acids is 1. The van der Waals surface area contributed by atoms with Crippen LogP contribution < -0.4 is 5.90 Å². The molecule has 0 spiro atoms. The number of carboxylic acids is 1. The second-order valence-electron chi connectivity index (χ2n) is 3.15. The molecule has 15 heavy (non-hydrogen) atoms. The van der Waals surface area contributed by atoms with Crippen LogP contribution in [0.5, 0.6) is 0 Å². The van der Waals surface area contributed by atoms with Crippen molar-refractivity contribution in [3.63, 3.8) is 0 Å². The first-order chi connectivity index (χ1) is 7.02. The van der Waals surface area contributed by atoms with Crippen molar-refractivity contribution in [3.05, 3.63) is 35.9 Å². The van der Waals surface area contributed by atoms with Gasteiger partial charge in [0.15, 0.2) is 0 Å². The van der Waals surface area contributed by atoms with Crippen LogP contribution in [0, 0.1) is 0 Å². The van der Waals surface area contributed by atoms with Crippen molar-refractivity contribution < 1.29 is 19.5 Å². The maximum absolute atomic E-state index is 11.8. The molecule has 0 fully saturated rings. The molecule has 0 amide bonds. The molecule has 0 saturated heterocycles. The highest BCUT2D eigenvalue weighted by Crippen LogP contribution is 2.16. The smallest absolute Gasteiger partial charge is 0.346 e. The van der Waals surface area contributed by atoms with E-state index in [1.807, 2.05) is 0 Å². The van der Waals surface area contributed by atoms with Gasteiger partial charge in [0, 0.05) is 5.56 Å². The molecule has 0 aromatic heterocycles. The number of ketones is 1. The van der Waals surface area contributed by atoms with Crippen LogP contribution in [0.25, 0.3) is 0 Å². The zero-order valence-electron chi connectivity index (χ0n) is 8.14. The van der Waals surface area contributed by atoms with E-state index in [-0.39, 0.29) is 5.56 Å². The van der Waals surface area contributed by atoms with Crippen LogP contribution in [0.1, 0.15) is 17.3 Å². The average Bonchev–Trinajstić information content (AvgIpc) is 2.28. The van der Waals surface area contributed by atoms with Crippen molar-refractivity contribution in [1.29, 1.82) is 0 Å². The van der Waals surface area contributed by atoms with Gasteiger partial charge in [0.05, 0.1) is 0 Å². The molecule has 5 heteroatoms. The van der Waals surface area contributed by atoms with Crippen molar-refractivity contribution >= 4 is 11.8 Å². The number of rotatable bonds is 4. The van der Waals surface area contributed by atoms with Crippen LogP contribution in [0.4, 0.5) is 0 Å². The number of hydrogen-bond donors (Lipinski definition) is 2. The van der Waals surface area contributed by atoms with Gasteiger partial charge >= 0.3 is 5.97 Å². The molecule has 1 aromatic rings. The average molecular weight is 209 g/mol. The highest BCUT2D eigenvalue weighted by atomic mass is 16.6. The molecule has 0 aliphatic rings. The standard InChI is InChI=1S/C10H11NO4/c1-10(15-11,9(13)14)8(12)7-5-3-2-4-6-7/h2-6H,11H2,1H3,(H,13,14). The lowest BCUT2D eigenvalue weighted by atomic mass is 9.95. The first kappa shape index (κ1) is 11.4. The van der Waals surface area contributed by atoms with Gasteiger partial charge in [-0.2, -0.15) is 0 Å². The third kappa shape index (κ3) is 2.03. The lowest BCUT2D eigenvalue weighted by Crippen LogP contribution is -2.48. The zero-order chi connectivity index (χ0) is 11.5. The zero-order valence-corrected chi connectivity index (χ0v) is 8.14. The molecule has 0 aliphatic carbocycles. The lowest BCUT2D eigenvalue weighted by molar-refractivity contribution is -0.157. The van der Waals surface area contributed by atoms with Gasteiger partial charge in [0.1, 0.15) is 0 Å². The fourth-order valence-electron chi connectivity index (χ4n) is 1.07. The maximum Gasteiger partial charge on any atom is 0.346 e. The van der Waals surface area contributed by atoms with Gasteiger partial charge in [-0.3, -0.25) is 9.63 Å². The molecule has 1 aromatic carbocycles. The minimum Gasteiger partial charge on any atom is -0.479 e. The Morgan fingerprint density at radius 1 is 1.33 bits per heavy atom. The Labute approximate surface area is 86.4 Å². The van der Waals surface area contributed by atoms with E-state index < -0.39 is 17.4 Å². The van der Waals surface area contributed by atoms with Crippen molar-refractivity contribution in [2.24, 2.45) is 5.90 Å². The monoisotopic (exact) mass is 209 g/mol. The molecule has 3 N–H and O–H groups in total. The van der Waals surface area contributed by atoms with E-state index >= 15 is 0 Å². The SMILES string of the molecule is CC(ON)(C(=O)O)C(=O)c1ccccc1. The molecule has 80 valence electrons. The molecule has 5 nitrogen and oxygen atoms in total. The summed E-state index contributed by atoms with van der Waals surface area (Å²) in [6.07, 6.45) is 0. The third-order valence-electron chi connectivity index (χ3n) is 2.11. The summed E-state index contributed by atoms with van der Waals surface area (Å²) in [5.74, 6) is 2.74. The van der Waals surface area contributed by atoms with Crippen LogP contribution in [-0.2, 0) is 9.63 Å². The van der Waals surface area contributed by atoms with E-state index in [0.29, 0.717) is 0 Å².